The molecule has 0 aliphatic heterocycles. The second-order valence-electron chi connectivity index (χ2n) is 4.66. The van der Waals surface area contributed by atoms with Gasteiger partial charge in [0.05, 0.1) is 5.69 Å². The number of aryl methyl sites for hydroxylation is 1. The van der Waals surface area contributed by atoms with Crippen LogP contribution in [0, 0.1) is 0 Å². The molecular weight excluding hydrogens is 279 g/mol. The number of benzene rings is 1. The number of alkyl halides is 3. The SMILES string of the molecule is CCCc1cccc(-c2cc(NC)nc(C(F)(F)F)n2)c1. The van der Waals surface area contributed by atoms with Gasteiger partial charge in [-0.05, 0) is 18.1 Å². The van der Waals surface area contributed by atoms with Gasteiger partial charge >= 0.3 is 6.18 Å². The zero-order valence-corrected chi connectivity index (χ0v) is 11.8. The van der Waals surface area contributed by atoms with Crippen molar-refractivity contribution in [2.45, 2.75) is 25.9 Å². The number of hydrogen-bond acceptors (Lipinski definition) is 3. The lowest BCUT2D eigenvalue weighted by atomic mass is 10.0. The van der Waals surface area contributed by atoms with Crippen LogP contribution in [0.15, 0.2) is 30.3 Å². The molecule has 0 spiro atoms. The van der Waals surface area contributed by atoms with Crippen molar-refractivity contribution in [3.8, 4) is 11.3 Å². The fourth-order valence-electron chi connectivity index (χ4n) is 2.02. The Kier molecular flexibility index (Phi) is 4.45. The third-order valence-electron chi connectivity index (χ3n) is 3.00. The second kappa shape index (κ2) is 6.11. The normalized spacial score (nSPS) is 11.5. The van der Waals surface area contributed by atoms with E-state index >= 15 is 0 Å². The molecule has 0 aliphatic carbocycles. The van der Waals surface area contributed by atoms with E-state index in [4.69, 9.17) is 0 Å². The van der Waals surface area contributed by atoms with Gasteiger partial charge in [0, 0.05) is 18.7 Å². The highest BCUT2D eigenvalue weighted by atomic mass is 19.4. The van der Waals surface area contributed by atoms with Crippen LogP contribution in [-0.4, -0.2) is 17.0 Å². The molecule has 0 amide bonds. The average molecular weight is 295 g/mol. The molecule has 0 radical (unpaired) electrons. The molecule has 0 aliphatic rings. The molecule has 0 bridgehead atoms. The fourth-order valence-corrected chi connectivity index (χ4v) is 2.02. The highest BCUT2D eigenvalue weighted by Gasteiger charge is 2.35. The molecule has 2 rings (SSSR count). The standard InChI is InChI=1S/C15H16F3N3/c1-3-5-10-6-4-7-11(8-10)12-9-13(19-2)21-14(20-12)15(16,17)18/h4,6-9H,3,5H2,1-2H3,(H,19,20,21). The summed E-state index contributed by atoms with van der Waals surface area (Å²) in [6.07, 6.45) is -2.71. The average Bonchev–Trinajstić information content (AvgIpc) is 2.46. The van der Waals surface area contributed by atoms with Gasteiger partial charge in [-0.1, -0.05) is 31.5 Å². The van der Waals surface area contributed by atoms with Crippen LogP contribution >= 0.6 is 0 Å². The van der Waals surface area contributed by atoms with Gasteiger partial charge < -0.3 is 5.32 Å². The van der Waals surface area contributed by atoms with Gasteiger partial charge in [0.2, 0.25) is 5.82 Å². The van der Waals surface area contributed by atoms with Crippen LogP contribution in [-0.2, 0) is 12.6 Å². The number of halogens is 3. The third-order valence-corrected chi connectivity index (χ3v) is 3.00. The molecule has 6 heteroatoms. The minimum atomic E-state index is -4.57. The van der Waals surface area contributed by atoms with Gasteiger partial charge in [0.1, 0.15) is 5.82 Å². The number of nitrogens with one attached hydrogen (secondary N) is 1. The number of nitrogens with zero attached hydrogens (tertiary/aromatic N) is 2. The Labute approximate surface area is 121 Å². The minimum Gasteiger partial charge on any atom is -0.373 e. The van der Waals surface area contributed by atoms with Crippen LogP contribution < -0.4 is 5.32 Å². The summed E-state index contributed by atoms with van der Waals surface area (Å²) in [6, 6.07) is 8.92. The molecule has 3 nitrogen and oxygen atoms in total. The molecule has 1 N–H and O–H groups in total. The Morgan fingerprint density at radius 3 is 2.52 bits per heavy atom. The van der Waals surface area contributed by atoms with Crippen molar-refractivity contribution in [2.75, 3.05) is 12.4 Å². The lowest BCUT2D eigenvalue weighted by Crippen LogP contribution is -2.13. The lowest BCUT2D eigenvalue weighted by molar-refractivity contribution is -0.144. The highest BCUT2D eigenvalue weighted by Crippen LogP contribution is 2.30. The van der Waals surface area contributed by atoms with Gasteiger partial charge in [-0.2, -0.15) is 13.2 Å². The van der Waals surface area contributed by atoms with Gasteiger partial charge in [-0.3, -0.25) is 0 Å². The first-order valence-corrected chi connectivity index (χ1v) is 6.67. The Hall–Kier alpha value is -2.11. The van der Waals surface area contributed by atoms with E-state index in [0.717, 1.165) is 18.4 Å². The largest absolute Gasteiger partial charge is 0.451 e. The number of anilines is 1. The Bertz CT molecular complexity index is 624. The molecule has 0 atom stereocenters. The zero-order chi connectivity index (χ0) is 15.5. The van der Waals surface area contributed by atoms with Gasteiger partial charge in [0.25, 0.3) is 0 Å². The van der Waals surface area contributed by atoms with Crippen molar-refractivity contribution < 1.29 is 13.2 Å². The molecule has 1 aromatic carbocycles. The summed E-state index contributed by atoms with van der Waals surface area (Å²) in [5, 5.41) is 2.64. The van der Waals surface area contributed by atoms with Crippen molar-refractivity contribution in [2.24, 2.45) is 0 Å². The Balaban J connectivity index is 2.50. The second-order valence-corrected chi connectivity index (χ2v) is 4.66. The van der Waals surface area contributed by atoms with E-state index in [2.05, 4.69) is 22.2 Å². The first-order chi connectivity index (χ1) is 9.94. The van der Waals surface area contributed by atoms with Crippen molar-refractivity contribution in [3.05, 3.63) is 41.7 Å². The van der Waals surface area contributed by atoms with E-state index < -0.39 is 12.0 Å². The van der Waals surface area contributed by atoms with E-state index in [1.165, 1.54) is 13.1 Å². The van der Waals surface area contributed by atoms with Crippen LogP contribution in [0.4, 0.5) is 19.0 Å². The summed E-state index contributed by atoms with van der Waals surface area (Å²) in [5.74, 6) is -0.988. The molecule has 2 aromatic rings. The minimum absolute atomic E-state index is 0.146. The maximum absolute atomic E-state index is 12.8. The predicted molar refractivity (Wildman–Crippen MR) is 76.0 cm³/mol. The monoisotopic (exact) mass is 295 g/mol. The smallest absolute Gasteiger partial charge is 0.373 e. The lowest BCUT2D eigenvalue weighted by Gasteiger charge is -2.10. The molecule has 1 heterocycles. The van der Waals surface area contributed by atoms with E-state index in [-0.39, 0.29) is 11.5 Å². The van der Waals surface area contributed by atoms with Gasteiger partial charge in [-0.25, -0.2) is 9.97 Å². The van der Waals surface area contributed by atoms with Gasteiger partial charge in [-0.15, -0.1) is 0 Å². The van der Waals surface area contributed by atoms with Crippen molar-refractivity contribution in [3.63, 3.8) is 0 Å². The molecule has 0 unspecified atom stereocenters. The van der Waals surface area contributed by atoms with Crippen molar-refractivity contribution in [1.29, 1.82) is 0 Å². The van der Waals surface area contributed by atoms with Crippen LogP contribution in [0.1, 0.15) is 24.7 Å². The first kappa shape index (κ1) is 15.3. The van der Waals surface area contributed by atoms with Crippen molar-refractivity contribution >= 4 is 5.82 Å². The Morgan fingerprint density at radius 2 is 1.90 bits per heavy atom. The fraction of sp³-hybridized carbons (Fsp3) is 0.333. The van der Waals surface area contributed by atoms with Crippen LogP contribution in [0.3, 0.4) is 0 Å². The third kappa shape index (κ3) is 3.71. The summed E-state index contributed by atoms with van der Waals surface area (Å²) in [5.41, 5.74) is 2.00. The van der Waals surface area contributed by atoms with Crippen molar-refractivity contribution in [1.82, 2.24) is 9.97 Å². The zero-order valence-electron chi connectivity index (χ0n) is 11.8. The number of aromatic nitrogens is 2. The van der Waals surface area contributed by atoms with Crippen LogP contribution in [0.2, 0.25) is 0 Å². The molecule has 0 fully saturated rings. The topological polar surface area (TPSA) is 37.8 Å². The predicted octanol–water partition coefficient (Wildman–Crippen LogP) is 4.16. The quantitative estimate of drug-likeness (QED) is 0.920. The first-order valence-electron chi connectivity index (χ1n) is 6.67. The molecule has 21 heavy (non-hydrogen) atoms. The van der Waals surface area contributed by atoms with E-state index in [1.807, 2.05) is 18.2 Å². The molecule has 1 aromatic heterocycles. The van der Waals surface area contributed by atoms with E-state index in [0.29, 0.717) is 5.56 Å². The summed E-state index contributed by atoms with van der Waals surface area (Å²) in [7, 11) is 1.53. The maximum Gasteiger partial charge on any atom is 0.451 e. The van der Waals surface area contributed by atoms with E-state index in [1.54, 1.807) is 6.07 Å². The number of rotatable bonds is 4. The summed E-state index contributed by atoms with van der Waals surface area (Å²) >= 11 is 0. The maximum atomic E-state index is 12.8. The summed E-state index contributed by atoms with van der Waals surface area (Å²) in [6.45, 7) is 2.05. The molecular formula is C15H16F3N3. The molecule has 0 saturated heterocycles. The summed E-state index contributed by atoms with van der Waals surface area (Å²) < 4.78 is 38.5. The van der Waals surface area contributed by atoms with E-state index in [9.17, 15) is 13.2 Å². The Morgan fingerprint density at radius 1 is 1.14 bits per heavy atom. The summed E-state index contributed by atoms with van der Waals surface area (Å²) in [4.78, 5) is 7.11. The van der Waals surface area contributed by atoms with Crippen LogP contribution in [0.25, 0.3) is 11.3 Å². The molecule has 112 valence electrons. The number of hydrogen-bond donors (Lipinski definition) is 1. The highest BCUT2D eigenvalue weighted by molar-refractivity contribution is 5.63. The van der Waals surface area contributed by atoms with Crippen LogP contribution in [0.5, 0.6) is 0 Å². The molecule has 0 saturated carbocycles. The van der Waals surface area contributed by atoms with Gasteiger partial charge in [0.15, 0.2) is 0 Å².